The van der Waals surface area contributed by atoms with Crippen molar-refractivity contribution in [3.63, 3.8) is 0 Å². The minimum Gasteiger partial charge on any atom is -0.389 e. The maximum absolute atomic E-state index is 11.8. The zero-order valence-electron chi connectivity index (χ0n) is 9.21. The summed E-state index contributed by atoms with van der Waals surface area (Å²) < 4.78 is 1.82. The lowest BCUT2D eigenvalue weighted by atomic mass is 10.2. The van der Waals surface area contributed by atoms with Crippen LogP contribution in [0.25, 0.3) is 0 Å². The van der Waals surface area contributed by atoms with Crippen molar-refractivity contribution in [3.8, 4) is 0 Å². The molecular weight excluding hydrogens is 208 g/mol. The average Bonchev–Trinajstić information content (AvgIpc) is 2.75. The lowest BCUT2D eigenvalue weighted by Gasteiger charge is -2.12. The summed E-state index contributed by atoms with van der Waals surface area (Å²) in [7, 11) is 1.86. The van der Waals surface area contributed by atoms with E-state index >= 15 is 0 Å². The van der Waals surface area contributed by atoms with E-state index in [2.05, 4.69) is 0 Å². The minimum absolute atomic E-state index is 0.0156. The van der Waals surface area contributed by atoms with Gasteiger partial charge in [0.25, 0.3) is 0 Å². The highest BCUT2D eigenvalue weighted by Crippen LogP contribution is 2.11. The third-order valence-electron chi connectivity index (χ3n) is 2.86. The van der Waals surface area contributed by atoms with Crippen LogP contribution in [0.5, 0.6) is 0 Å². The number of β-amino-alcohol motifs (C(OH)–C–C–N with tert-alkyl or cyclic N) is 2. The highest BCUT2D eigenvalue weighted by atomic mass is 16.3. The molecule has 1 aliphatic heterocycles. The van der Waals surface area contributed by atoms with Crippen molar-refractivity contribution < 1.29 is 15.0 Å². The van der Waals surface area contributed by atoms with Gasteiger partial charge in [-0.2, -0.15) is 0 Å². The van der Waals surface area contributed by atoms with Crippen LogP contribution in [-0.4, -0.2) is 57.3 Å². The van der Waals surface area contributed by atoms with E-state index in [1.54, 1.807) is 17.2 Å². The first kappa shape index (κ1) is 11.3. The quantitative estimate of drug-likeness (QED) is 0.663. The van der Waals surface area contributed by atoms with Crippen LogP contribution in [0.2, 0.25) is 0 Å². The van der Waals surface area contributed by atoms with Crippen LogP contribution in [0.4, 0.5) is 0 Å². The Labute approximate surface area is 93.9 Å². The Morgan fingerprint density at radius 1 is 1.44 bits per heavy atom. The second-order valence-corrected chi connectivity index (χ2v) is 4.32. The van der Waals surface area contributed by atoms with Crippen molar-refractivity contribution in [2.45, 2.75) is 12.2 Å². The van der Waals surface area contributed by atoms with Crippen LogP contribution in [0.1, 0.15) is 10.4 Å². The average molecular weight is 224 g/mol. The molecule has 1 aromatic heterocycles. The maximum Gasteiger partial charge on any atom is 0.178 e. The number of Topliss-reactive ketones (excluding diaryl/α,β-unsaturated/α-hetero) is 1. The number of nitrogens with zero attached hydrogens (tertiary/aromatic N) is 2. The maximum atomic E-state index is 11.8. The summed E-state index contributed by atoms with van der Waals surface area (Å²) in [6, 6.07) is 1.77. The smallest absolute Gasteiger partial charge is 0.178 e. The van der Waals surface area contributed by atoms with Crippen LogP contribution >= 0.6 is 0 Å². The fourth-order valence-electron chi connectivity index (χ4n) is 1.94. The van der Waals surface area contributed by atoms with Crippen LogP contribution in [-0.2, 0) is 7.05 Å². The number of likely N-dealkylation sites (tertiary alicyclic amines) is 1. The highest BCUT2D eigenvalue weighted by Gasteiger charge is 2.30. The van der Waals surface area contributed by atoms with Gasteiger partial charge in [0.1, 0.15) is 0 Å². The summed E-state index contributed by atoms with van der Waals surface area (Å²) in [6.45, 7) is 0.970. The second kappa shape index (κ2) is 4.37. The Morgan fingerprint density at radius 2 is 2.06 bits per heavy atom. The van der Waals surface area contributed by atoms with Gasteiger partial charge in [-0.05, 0) is 6.07 Å². The highest BCUT2D eigenvalue weighted by molar-refractivity contribution is 5.97. The number of ketones is 1. The molecule has 0 saturated carbocycles. The standard InChI is InChI=1S/C11H16N2O3/c1-12-3-2-8(4-12)9(14)5-13-6-10(15)11(16)7-13/h2-4,10-11,15-16H,5-7H2,1H3. The van der Waals surface area contributed by atoms with Gasteiger partial charge in [0.2, 0.25) is 0 Å². The normalized spacial score (nSPS) is 26.2. The van der Waals surface area contributed by atoms with E-state index in [4.69, 9.17) is 0 Å². The molecule has 2 heterocycles. The largest absolute Gasteiger partial charge is 0.389 e. The predicted molar refractivity (Wildman–Crippen MR) is 58.2 cm³/mol. The van der Waals surface area contributed by atoms with Gasteiger partial charge in [-0.25, -0.2) is 0 Å². The van der Waals surface area contributed by atoms with Crippen LogP contribution in [0.3, 0.4) is 0 Å². The van der Waals surface area contributed by atoms with Crippen molar-refractivity contribution in [3.05, 3.63) is 24.0 Å². The molecule has 1 fully saturated rings. The minimum atomic E-state index is -0.733. The van der Waals surface area contributed by atoms with Gasteiger partial charge in [-0.1, -0.05) is 0 Å². The SMILES string of the molecule is Cn1ccc(C(=O)CN2CC(O)C(O)C2)c1. The number of hydrogen-bond acceptors (Lipinski definition) is 4. The molecule has 2 rings (SSSR count). The molecule has 0 aliphatic carbocycles. The summed E-state index contributed by atoms with van der Waals surface area (Å²) in [6.07, 6.45) is 2.12. The van der Waals surface area contributed by atoms with Gasteiger partial charge in [0.15, 0.2) is 5.78 Å². The van der Waals surface area contributed by atoms with Crippen molar-refractivity contribution in [1.82, 2.24) is 9.47 Å². The van der Waals surface area contributed by atoms with E-state index in [-0.39, 0.29) is 12.3 Å². The number of carbonyl (C=O) groups excluding carboxylic acids is 1. The summed E-state index contributed by atoms with van der Waals surface area (Å²) in [4.78, 5) is 13.6. The van der Waals surface area contributed by atoms with Gasteiger partial charge in [0, 0.05) is 38.1 Å². The molecule has 2 atom stereocenters. The third kappa shape index (κ3) is 2.32. The zero-order valence-corrected chi connectivity index (χ0v) is 9.21. The van der Waals surface area contributed by atoms with Gasteiger partial charge in [-0.3, -0.25) is 9.69 Å². The number of hydrogen-bond donors (Lipinski definition) is 2. The molecule has 0 bridgehead atoms. The summed E-state index contributed by atoms with van der Waals surface area (Å²) in [5.74, 6) is 0.0156. The molecule has 5 heteroatoms. The lowest BCUT2D eigenvalue weighted by molar-refractivity contribution is 0.0572. The van der Waals surface area contributed by atoms with E-state index in [1.165, 1.54) is 0 Å². The molecule has 2 unspecified atom stereocenters. The Bertz CT molecular complexity index is 378. The molecule has 0 amide bonds. The van der Waals surface area contributed by atoms with Crippen molar-refractivity contribution in [2.24, 2.45) is 7.05 Å². The number of aryl methyl sites for hydroxylation is 1. The molecule has 0 radical (unpaired) electrons. The van der Waals surface area contributed by atoms with Gasteiger partial charge < -0.3 is 14.8 Å². The molecule has 1 aliphatic rings. The fourth-order valence-corrected chi connectivity index (χ4v) is 1.94. The zero-order chi connectivity index (χ0) is 11.7. The molecule has 1 saturated heterocycles. The van der Waals surface area contributed by atoms with E-state index in [0.29, 0.717) is 18.7 Å². The number of aliphatic hydroxyl groups excluding tert-OH is 2. The first-order chi connectivity index (χ1) is 7.56. The van der Waals surface area contributed by atoms with Crippen molar-refractivity contribution in [2.75, 3.05) is 19.6 Å². The molecule has 88 valence electrons. The molecule has 0 spiro atoms. The first-order valence-corrected chi connectivity index (χ1v) is 5.30. The Kier molecular flexibility index (Phi) is 3.09. The van der Waals surface area contributed by atoms with Gasteiger partial charge in [-0.15, -0.1) is 0 Å². The number of rotatable bonds is 3. The van der Waals surface area contributed by atoms with Gasteiger partial charge in [0.05, 0.1) is 18.8 Å². The molecule has 16 heavy (non-hydrogen) atoms. The van der Waals surface area contributed by atoms with Crippen molar-refractivity contribution in [1.29, 1.82) is 0 Å². The van der Waals surface area contributed by atoms with Crippen molar-refractivity contribution >= 4 is 5.78 Å². The Morgan fingerprint density at radius 3 is 2.56 bits per heavy atom. The molecular formula is C11H16N2O3. The number of carbonyl (C=O) groups is 1. The third-order valence-corrected chi connectivity index (χ3v) is 2.86. The predicted octanol–water partition coefficient (Wildman–Crippen LogP) is -0.755. The van der Waals surface area contributed by atoms with E-state index in [1.807, 2.05) is 17.8 Å². The summed E-state index contributed by atoms with van der Waals surface area (Å²) in [5, 5.41) is 18.7. The Balaban J connectivity index is 1.93. The van der Waals surface area contributed by atoms with Crippen LogP contribution in [0, 0.1) is 0 Å². The second-order valence-electron chi connectivity index (χ2n) is 4.32. The van der Waals surface area contributed by atoms with Gasteiger partial charge >= 0.3 is 0 Å². The molecule has 1 aromatic rings. The fraction of sp³-hybridized carbons (Fsp3) is 0.545. The summed E-state index contributed by atoms with van der Waals surface area (Å²) >= 11 is 0. The lowest BCUT2D eigenvalue weighted by Crippen LogP contribution is -2.28. The molecule has 5 nitrogen and oxygen atoms in total. The van der Waals surface area contributed by atoms with Crippen LogP contribution < -0.4 is 0 Å². The molecule has 0 aromatic carbocycles. The molecule has 2 N–H and O–H groups in total. The van der Waals surface area contributed by atoms with E-state index in [9.17, 15) is 15.0 Å². The van der Waals surface area contributed by atoms with Crippen LogP contribution in [0.15, 0.2) is 18.5 Å². The Hall–Kier alpha value is -1.17. The first-order valence-electron chi connectivity index (χ1n) is 5.30. The summed E-state index contributed by atoms with van der Waals surface area (Å²) in [5.41, 5.74) is 0.665. The number of aromatic nitrogens is 1. The topological polar surface area (TPSA) is 65.7 Å². The number of aliphatic hydroxyl groups is 2. The monoisotopic (exact) mass is 224 g/mol. The van der Waals surface area contributed by atoms with E-state index < -0.39 is 12.2 Å². The van der Waals surface area contributed by atoms with E-state index in [0.717, 1.165) is 0 Å².